The van der Waals surface area contributed by atoms with Crippen molar-refractivity contribution in [2.24, 2.45) is 0 Å². The number of hydrogen-bond donors (Lipinski definition) is 2. The molecule has 0 saturated heterocycles. The summed E-state index contributed by atoms with van der Waals surface area (Å²) in [5.74, 6) is 0.304. The lowest BCUT2D eigenvalue weighted by Gasteiger charge is -2.17. The van der Waals surface area contributed by atoms with Gasteiger partial charge in [-0.2, -0.15) is 0 Å². The summed E-state index contributed by atoms with van der Waals surface area (Å²) >= 11 is 5.93. The predicted octanol–water partition coefficient (Wildman–Crippen LogP) is 3.13. The first-order valence-electron chi connectivity index (χ1n) is 5.24. The number of aliphatic hydroxyl groups is 1. The zero-order chi connectivity index (χ0) is 13.0. The summed E-state index contributed by atoms with van der Waals surface area (Å²) < 4.78 is 10.2. The molecule has 0 fully saturated rings. The summed E-state index contributed by atoms with van der Waals surface area (Å²) in [6.45, 7) is 3.91. The van der Waals surface area contributed by atoms with E-state index in [1.807, 2.05) is 6.92 Å². The molecule has 2 N–H and O–H groups in total. The van der Waals surface area contributed by atoms with Crippen LogP contribution in [0.25, 0.3) is 0 Å². The van der Waals surface area contributed by atoms with Gasteiger partial charge in [-0.15, -0.1) is 12.4 Å². The van der Waals surface area contributed by atoms with Crippen LogP contribution < -0.4 is 4.74 Å². The average molecular weight is 294 g/mol. The number of rotatable bonds is 4. The predicted molar refractivity (Wildman–Crippen MR) is 74.3 cm³/mol. The molecule has 1 rings (SSSR count). The average Bonchev–Trinajstić information content (AvgIpc) is 2.27. The number of methoxy groups -OCH3 is 1. The molecular formula is C12H17Cl2NO3. The van der Waals surface area contributed by atoms with Crippen LogP contribution in [0, 0.1) is 12.3 Å². The fourth-order valence-electron chi connectivity index (χ4n) is 1.61. The van der Waals surface area contributed by atoms with Crippen molar-refractivity contribution in [2.75, 3.05) is 13.7 Å². The van der Waals surface area contributed by atoms with Crippen molar-refractivity contribution in [1.29, 1.82) is 5.41 Å². The third kappa shape index (κ3) is 3.77. The SMILES string of the molecule is CCOC(=N)C(O)c1cc(Cl)cc(C)c1OC.Cl. The Balaban J connectivity index is 0.00000289. The standard InChI is InChI=1S/C12H16ClNO3.ClH/c1-4-17-12(14)10(15)9-6-8(13)5-7(2)11(9)16-3;/h5-6,10,14-15H,4H2,1-3H3;1H. The summed E-state index contributed by atoms with van der Waals surface area (Å²) in [5, 5.41) is 18.1. The van der Waals surface area contributed by atoms with Gasteiger partial charge in [-0.1, -0.05) is 11.6 Å². The highest BCUT2D eigenvalue weighted by Crippen LogP contribution is 2.32. The molecule has 1 aromatic rings. The van der Waals surface area contributed by atoms with Crippen molar-refractivity contribution in [2.45, 2.75) is 20.0 Å². The minimum Gasteiger partial charge on any atom is -0.496 e. The molecule has 0 saturated carbocycles. The molecule has 18 heavy (non-hydrogen) atoms. The number of hydrogen-bond acceptors (Lipinski definition) is 4. The van der Waals surface area contributed by atoms with E-state index in [2.05, 4.69) is 0 Å². The van der Waals surface area contributed by atoms with Crippen molar-refractivity contribution in [3.63, 3.8) is 0 Å². The van der Waals surface area contributed by atoms with E-state index in [1.165, 1.54) is 7.11 Å². The van der Waals surface area contributed by atoms with Crippen LogP contribution in [0.15, 0.2) is 12.1 Å². The quantitative estimate of drug-likeness (QED) is 0.662. The molecule has 1 atom stereocenters. The Hall–Kier alpha value is -0.970. The summed E-state index contributed by atoms with van der Waals surface area (Å²) in [5.41, 5.74) is 1.24. The van der Waals surface area contributed by atoms with E-state index in [9.17, 15) is 5.11 Å². The van der Waals surface area contributed by atoms with Crippen molar-refractivity contribution in [3.05, 3.63) is 28.3 Å². The Labute approximate surface area is 118 Å². The molecule has 6 heteroatoms. The third-order valence-corrected chi connectivity index (χ3v) is 2.53. The molecule has 4 nitrogen and oxygen atoms in total. The fourth-order valence-corrected chi connectivity index (χ4v) is 1.89. The van der Waals surface area contributed by atoms with Gasteiger partial charge in [0.25, 0.3) is 0 Å². The van der Waals surface area contributed by atoms with Crippen LogP contribution in [-0.2, 0) is 4.74 Å². The van der Waals surface area contributed by atoms with Crippen LogP contribution in [0.2, 0.25) is 5.02 Å². The normalized spacial score (nSPS) is 11.4. The molecule has 0 heterocycles. The third-order valence-electron chi connectivity index (χ3n) is 2.32. The van der Waals surface area contributed by atoms with E-state index in [0.717, 1.165) is 5.56 Å². The van der Waals surface area contributed by atoms with Crippen molar-refractivity contribution in [1.82, 2.24) is 0 Å². The first-order chi connectivity index (χ1) is 8.01. The maximum atomic E-state index is 9.99. The highest BCUT2D eigenvalue weighted by Gasteiger charge is 2.21. The van der Waals surface area contributed by atoms with Gasteiger partial charge in [-0.05, 0) is 31.5 Å². The van der Waals surface area contributed by atoms with Gasteiger partial charge in [0.05, 0.1) is 13.7 Å². The van der Waals surface area contributed by atoms with E-state index in [0.29, 0.717) is 22.9 Å². The number of nitrogens with one attached hydrogen (secondary N) is 1. The highest BCUT2D eigenvalue weighted by molar-refractivity contribution is 6.30. The maximum Gasteiger partial charge on any atom is 0.215 e. The second-order valence-corrected chi connectivity index (χ2v) is 3.98. The van der Waals surface area contributed by atoms with Crippen LogP contribution >= 0.6 is 24.0 Å². The number of aryl methyl sites for hydroxylation is 1. The number of halogens is 2. The van der Waals surface area contributed by atoms with Crippen LogP contribution in [0.3, 0.4) is 0 Å². The monoisotopic (exact) mass is 293 g/mol. The maximum absolute atomic E-state index is 9.99. The van der Waals surface area contributed by atoms with Gasteiger partial charge >= 0.3 is 0 Å². The Kier molecular flexibility index (Phi) is 7.06. The summed E-state index contributed by atoms with van der Waals surface area (Å²) in [7, 11) is 1.51. The van der Waals surface area contributed by atoms with Crippen LogP contribution in [-0.4, -0.2) is 24.7 Å². The second-order valence-electron chi connectivity index (χ2n) is 3.54. The van der Waals surface area contributed by atoms with Gasteiger partial charge in [0.1, 0.15) is 5.75 Å². The molecule has 0 bridgehead atoms. The first kappa shape index (κ1) is 17.0. The van der Waals surface area contributed by atoms with Crippen molar-refractivity contribution < 1.29 is 14.6 Å². The number of benzene rings is 1. The number of ether oxygens (including phenoxy) is 2. The molecule has 102 valence electrons. The molecule has 0 aliphatic rings. The molecule has 0 aromatic heterocycles. The van der Waals surface area contributed by atoms with Crippen LogP contribution in [0.4, 0.5) is 0 Å². The Bertz CT molecular complexity index is 424. The zero-order valence-corrected chi connectivity index (χ0v) is 12.1. The topological polar surface area (TPSA) is 62.5 Å². The van der Waals surface area contributed by atoms with Crippen molar-refractivity contribution >= 4 is 29.9 Å². The smallest absolute Gasteiger partial charge is 0.215 e. The van der Waals surface area contributed by atoms with Crippen LogP contribution in [0.5, 0.6) is 5.75 Å². The lowest BCUT2D eigenvalue weighted by molar-refractivity contribution is 0.187. The van der Waals surface area contributed by atoms with Gasteiger partial charge in [-0.3, -0.25) is 5.41 Å². The summed E-state index contributed by atoms with van der Waals surface area (Å²) in [4.78, 5) is 0. The van der Waals surface area contributed by atoms with Crippen LogP contribution in [0.1, 0.15) is 24.2 Å². The first-order valence-corrected chi connectivity index (χ1v) is 5.62. The lowest BCUT2D eigenvalue weighted by Crippen LogP contribution is -2.15. The van der Waals surface area contributed by atoms with E-state index in [-0.39, 0.29) is 18.3 Å². The minimum absolute atomic E-state index is 0. The fraction of sp³-hybridized carbons (Fsp3) is 0.417. The van der Waals surface area contributed by atoms with E-state index in [1.54, 1.807) is 19.1 Å². The second kappa shape index (κ2) is 7.46. The molecule has 1 aromatic carbocycles. The van der Waals surface area contributed by atoms with Gasteiger partial charge in [0.2, 0.25) is 5.90 Å². The van der Waals surface area contributed by atoms with Gasteiger partial charge in [0, 0.05) is 10.6 Å². The molecule has 0 amide bonds. The van der Waals surface area contributed by atoms with Gasteiger partial charge < -0.3 is 14.6 Å². The molecular weight excluding hydrogens is 277 g/mol. The highest BCUT2D eigenvalue weighted by atomic mass is 35.5. The summed E-state index contributed by atoms with van der Waals surface area (Å²) in [6.07, 6.45) is -1.16. The Morgan fingerprint density at radius 1 is 1.50 bits per heavy atom. The van der Waals surface area contributed by atoms with Crippen molar-refractivity contribution in [3.8, 4) is 5.75 Å². The van der Waals surface area contributed by atoms with E-state index >= 15 is 0 Å². The molecule has 0 spiro atoms. The lowest BCUT2D eigenvalue weighted by atomic mass is 10.0. The van der Waals surface area contributed by atoms with E-state index in [4.69, 9.17) is 26.5 Å². The minimum atomic E-state index is -1.16. The largest absolute Gasteiger partial charge is 0.496 e. The number of aliphatic hydroxyl groups excluding tert-OH is 1. The van der Waals surface area contributed by atoms with Gasteiger partial charge in [0.15, 0.2) is 6.10 Å². The van der Waals surface area contributed by atoms with E-state index < -0.39 is 6.10 Å². The zero-order valence-electron chi connectivity index (χ0n) is 10.5. The Morgan fingerprint density at radius 3 is 2.61 bits per heavy atom. The molecule has 1 unspecified atom stereocenters. The van der Waals surface area contributed by atoms with Gasteiger partial charge in [-0.25, -0.2) is 0 Å². The Morgan fingerprint density at radius 2 is 2.11 bits per heavy atom. The summed E-state index contributed by atoms with van der Waals surface area (Å²) in [6, 6.07) is 3.31. The molecule has 0 aliphatic carbocycles. The molecule has 0 aliphatic heterocycles. The molecule has 0 radical (unpaired) electrons.